The standard InChI is InChI=1S/H2O23S11/c1-24(2)14-26(5)16-28(7)18-30(9)20-32(11)22-34(13)23-33(12)21-31(10)19-29(8)17-27(6)15-25(3)4/h(H,1,2)(H,3,4). The zero-order chi connectivity index (χ0) is 26.4. The Bertz CT molecular complexity index is 863. The predicted octanol–water partition coefficient (Wildman–Crippen LogP) is -4.37. The van der Waals surface area contributed by atoms with Crippen LogP contribution >= 0.6 is 0 Å². The molecule has 0 aromatic heterocycles. The van der Waals surface area contributed by atoms with Crippen LogP contribution in [0.2, 0.25) is 0 Å². The Kier molecular flexibility index (Phi) is 19.9. The summed E-state index contributed by atoms with van der Waals surface area (Å²) in [7, 11) is 0. The van der Waals surface area contributed by atoms with E-state index in [4.69, 9.17) is 9.11 Å². The van der Waals surface area contributed by atoms with Crippen molar-refractivity contribution < 1.29 is 91.7 Å². The highest BCUT2D eigenvalue weighted by Crippen LogP contribution is 2.08. The quantitative estimate of drug-likeness (QED) is 0.112. The molecule has 0 spiro atoms. The largest absolute Gasteiger partial charge is 0.336 e. The van der Waals surface area contributed by atoms with Gasteiger partial charge in [0, 0.05) is 0 Å². The maximum Gasteiger partial charge on any atom is 0.336 e. The number of hydrogen-bond acceptors (Lipinski definition) is 21. The molecule has 0 rings (SSSR count). The van der Waals surface area contributed by atoms with Gasteiger partial charge in [0.15, 0.2) is 0 Å². The Hall–Kier alpha value is 1.17. The first-order chi connectivity index (χ1) is 15.7. The lowest BCUT2D eigenvalue weighted by Gasteiger charge is -2.02. The molecular weight excluding hydrogens is 721 g/mol. The minimum absolute atomic E-state index is 3.12. The lowest BCUT2D eigenvalue weighted by Crippen LogP contribution is -2.16. The molecule has 0 aliphatic rings. The SMILES string of the molecule is O=S(O)OS(=O)OS(=O)OS(=O)OS(=O)OS(=O)OS(=O)OS(=O)OS(=O)OS(=O)OS(=O)O. The fourth-order valence-electron chi connectivity index (χ4n) is 0.560. The summed E-state index contributed by atoms with van der Waals surface area (Å²) >= 11 is -35.8. The van der Waals surface area contributed by atoms with Gasteiger partial charge < -0.3 is 0 Å². The second kappa shape index (κ2) is 19.3. The molecule has 34 heavy (non-hydrogen) atoms. The molecule has 0 aliphatic heterocycles. The molecule has 0 heterocycles. The van der Waals surface area contributed by atoms with E-state index < -0.39 is 125 Å². The Balaban J connectivity index is 4.34. The monoisotopic (exact) mass is 722 g/mol. The van der Waals surface area contributed by atoms with Gasteiger partial charge in [-0.3, -0.25) is 9.11 Å². The molecule has 0 radical (unpaired) electrons. The van der Waals surface area contributed by atoms with Crippen LogP contribution in [0.4, 0.5) is 0 Å². The molecule has 10 unspecified atom stereocenters. The second-order valence-electron chi connectivity index (χ2n) is 2.95. The first-order valence-electron chi connectivity index (χ1n) is 5.53. The van der Waals surface area contributed by atoms with Crippen LogP contribution in [0.25, 0.3) is 0 Å². The maximum absolute atomic E-state index is 11.2. The van der Waals surface area contributed by atoms with E-state index in [0.29, 0.717) is 0 Å². The van der Waals surface area contributed by atoms with Crippen molar-refractivity contribution in [3.63, 3.8) is 0 Å². The zero-order valence-electron chi connectivity index (χ0n) is 14.0. The van der Waals surface area contributed by atoms with Crippen LogP contribution in [0.3, 0.4) is 0 Å². The van der Waals surface area contributed by atoms with Crippen molar-refractivity contribution in [2.24, 2.45) is 0 Å². The van der Waals surface area contributed by atoms with Gasteiger partial charge in [-0.05, 0) is 0 Å². The molecule has 0 aromatic carbocycles. The summed E-state index contributed by atoms with van der Waals surface area (Å²) in [6, 6.07) is 0. The zero-order valence-corrected chi connectivity index (χ0v) is 22.9. The van der Waals surface area contributed by atoms with Gasteiger partial charge in [0.25, 0.3) is 0 Å². The van der Waals surface area contributed by atoms with Crippen LogP contribution in [0.5, 0.6) is 0 Å². The average molecular weight is 723 g/mol. The minimum atomic E-state index is -3.38. The van der Waals surface area contributed by atoms with E-state index >= 15 is 0 Å². The van der Waals surface area contributed by atoms with Crippen molar-refractivity contribution in [3.05, 3.63) is 0 Å². The van der Waals surface area contributed by atoms with Gasteiger partial charge in [0.05, 0.1) is 0 Å². The van der Waals surface area contributed by atoms with Crippen molar-refractivity contribution in [1.82, 2.24) is 0 Å². The molecule has 0 amide bonds. The molecule has 23 nitrogen and oxygen atoms in total. The van der Waals surface area contributed by atoms with Crippen LogP contribution < -0.4 is 0 Å². The van der Waals surface area contributed by atoms with Gasteiger partial charge in [-0.25, -0.2) is 0 Å². The molecule has 0 bridgehead atoms. The Morgan fingerprint density at radius 3 is 0.500 bits per heavy atom. The van der Waals surface area contributed by atoms with Gasteiger partial charge >= 0.3 is 125 Å². The fraction of sp³-hybridized carbons (Fsp3) is 0. The first kappa shape index (κ1) is 35.2. The third-order valence-corrected chi connectivity index (χ3v) is 10.0. The average Bonchev–Trinajstić information content (AvgIpc) is 2.57. The lowest BCUT2D eigenvalue weighted by atomic mass is 15.7. The summed E-state index contributed by atoms with van der Waals surface area (Å²) in [4.78, 5) is 0. The minimum Gasteiger partial charge on any atom is -0.283 e. The molecule has 0 aromatic rings. The fourth-order valence-corrected chi connectivity index (χ4v) is 6.88. The van der Waals surface area contributed by atoms with E-state index in [1.165, 1.54) is 0 Å². The topological polar surface area (TPSA) is 321 Å². The summed E-state index contributed by atoms with van der Waals surface area (Å²) < 4.78 is 173. The van der Waals surface area contributed by atoms with E-state index in [2.05, 4.69) is 36.3 Å². The smallest absolute Gasteiger partial charge is 0.283 e. The molecule has 0 saturated carbocycles. The lowest BCUT2D eigenvalue weighted by molar-refractivity contribution is 0.401. The van der Waals surface area contributed by atoms with Crippen molar-refractivity contribution >= 4 is 125 Å². The van der Waals surface area contributed by atoms with Gasteiger partial charge in [-0.1, -0.05) is 0 Å². The van der Waals surface area contributed by atoms with Crippen LogP contribution in [-0.2, 0) is 161 Å². The second-order valence-corrected chi connectivity index (χ2v) is 12.9. The van der Waals surface area contributed by atoms with E-state index in [1.807, 2.05) is 0 Å². The molecule has 10 atom stereocenters. The summed E-state index contributed by atoms with van der Waals surface area (Å²) in [5, 5.41) is 0. The van der Waals surface area contributed by atoms with Crippen molar-refractivity contribution in [2.75, 3.05) is 0 Å². The Morgan fingerprint density at radius 2 is 0.382 bits per heavy atom. The predicted molar refractivity (Wildman–Crippen MR) is 106 cm³/mol. The van der Waals surface area contributed by atoms with Crippen LogP contribution in [-0.4, -0.2) is 55.4 Å². The van der Waals surface area contributed by atoms with E-state index in [1.54, 1.807) is 0 Å². The molecular formula is H2O23S11. The maximum atomic E-state index is 11.2. The number of rotatable bonds is 20. The highest BCUT2D eigenvalue weighted by atomic mass is 32.4. The first-order valence-corrected chi connectivity index (χ1v) is 16.6. The van der Waals surface area contributed by atoms with Crippen molar-refractivity contribution in [2.45, 2.75) is 0 Å². The Morgan fingerprint density at radius 1 is 0.265 bits per heavy atom. The van der Waals surface area contributed by atoms with Gasteiger partial charge in [0.1, 0.15) is 0 Å². The number of hydrogen-bond donors (Lipinski definition) is 2. The highest BCUT2D eigenvalue weighted by molar-refractivity contribution is 8.02. The van der Waals surface area contributed by atoms with Crippen molar-refractivity contribution in [1.29, 1.82) is 0 Å². The van der Waals surface area contributed by atoms with Gasteiger partial charge in [-0.2, -0.15) is 46.3 Å². The summed E-state index contributed by atoms with van der Waals surface area (Å²) in [5.74, 6) is 0. The van der Waals surface area contributed by atoms with Gasteiger partial charge in [0.2, 0.25) is 0 Å². The van der Waals surface area contributed by atoms with Crippen LogP contribution in [0.1, 0.15) is 0 Å². The summed E-state index contributed by atoms with van der Waals surface area (Å²) in [6.07, 6.45) is 0. The Labute approximate surface area is 215 Å². The third-order valence-electron chi connectivity index (χ3n) is 1.12. The molecule has 0 aliphatic carbocycles. The molecule has 206 valence electrons. The molecule has 2 N–H and O–H groups in total. The highest BCUT2D eigenvalue weighted by Gasteiger charge is 2.23. The van der Waals surface area contributed by atoms with Crippen LogP contribution in [0.15, 0.2) is 0 Å². The summed E-state index contributed by atoms with van der Waals surface area (Å²) in [6.45, 7) is 0. The molecule has 34 heteroatoms. The van der Waals surface area contributed by atoms with E-state index in [-0.39, 0.29) is 0 Å². The summed E-state index contributed by atoms with van der Waals surface area (Å²) in [5.41, 5.74) is 0. The van der Waals surface area contributed by atoms with Gasteiger partial charge in [-0.15, -0.1) is 36.3 Å². The molecule has 0 saturated heterocycles. The van der Waals surface area contributed by atoms with E-state index in [0.717, 1.165) is 0 Å². The van der Waals surface area contributed by atoms with Crippen LogP contribution in [0, 0.1) is 0 Å². The van der Waals surface area contributed by atoms with E-state index in [9.17, 15) is 46.3 Å². The molecule has 0 fully saturated rings. The third kappa shape index (κ3) is 20.3. The normalized spacial score (nSPS) is 21.8. The van der Waals surface area contributed by atoms with Crippen molar-refractivity contribution in [3.8, 4) is 0 Å².